The van der Waals surface area contributed by atoms with Crippen molar-refractivity contribution in [3.63, 3.8) is 0 Å². The third-order valence-electron chi connectivity index (χ3n) is 9.10. The van der Waals surface area contributed by atoms with Crippen LogP contribution in [0.4, 0.5) is 0 Å². The molecule has 41 heavy (non-hydrogen) atoms. The molecule has 1 aromatic carbocycles. The Balaban J connectivity index is 1.46. The minimum absolute atomic E-state index is 0.0338. The summed E-state index contributed by atoms with van der Waals surface area (Å²) in [6.45, 7) is 6.80. The number of ether oxygens (including phenoxy) is 3. The second-order valence-electron chi connectivity index (χ2n) is 12.3. The molecule has 0 saturated heterocycles. The number of nitriles is 1. The van der Waals surface area contributed by atoms with Gasteiger partial charge >= 0.3 is 5.97 Å². The van der Waals surface area contributed by atoms with Crippen molar-refractivity contribution in [2.75, 3.05) is 20.3 Å². The molecule has 0 spiro atoms. The van der Waals surface area contributed by atoms with Crippen LogP contribution in [0.25, 0.3) is 0 Å². The molecule has 3 N–H and O–H groups in total. The molecule has 3 aliphatic carbocycles. The van der Waals surface area contributed by atoms with E-state index in [2.05, 4.69) is 16.7 Å². The highest BCUT2D eigenvalue weighted by Gasteiger charge is 2.51. The van der Waals surface area contributed by atoms with Gasteiger partial charge in [-0.2, -0.15) is 5.26 Å². The van der Waals surface area contributed by atoms with Crippen LogP contribution in [0.2, 0.25) is 0 Å². The van der Waals surface area contributed by atoms with Gasteiger partial charge in [0.2, 0.25) is 5.91 Å². The predicted octanol–water partition coefficient (Wildman–Crippen LogP) is 4.05. The molecule has 1 aromatic rings. The molecule has 4 atom stereocenters. The van der Waals surface area contributed by atoms with Crippen molar-refractivity contribution >= 4 is 17.8 Å². The zero-order valence-electron chi connectivity index (χ0n) is 24.5. The van der Waals surface area contributed by atoms with Gasteiger partial charge in [0.25, 0.3) is 5.91 Å². The molecular formula is C31H43N3O7. The van der Waals surface area contributed by atoms with Crippen LogP contribution in [0.5, 0.6) is 11.5 Å². The van der Waals surface area contributed by atoms with Crippen molar-refractivity contribution < 1.29 is 33.7 Å². The van der Waals surface area contributed by atoms with Gasteiger partial charge in [0.1, 0.15) is 17.6 Å². The fraction of sp³-hybridized carbons (Fsp3) is 0.677. The van der Waals surface area contributed by atoms with Gasteiger partial charge in [-0.05, 0) is 90.0 Å². The van der Waals surface area contributed by atoms with E-state index in [9.17, 15) is 24.8 Å². The summed E-state index contributed by atoms with van der Waals surface area (Å²) in [6, 6.07) is 4.87. The number of hydrogen-bond donors (Lipinski definition) is 3. The number of carbonyl (C=O) groups excluding carboxylic acids is 2. The first-order valence-electron chi connectivity index (χ1n) is 14.8. The van der Waals surface area contributed by atoms with E-state index in [-0.39, 0.29) is 70.4 Å². The average molecular weight is 570 g/mol. The van der Waals surface area contributed by atoms with Gasteiger partial charge in [-0.1, -0.05) is 0 Å². The quantitative estimate of drug-likeness (QED) is 0.320. The minimum Gasteiger partial charge on any atom is -0.496 e. The maximum Gasteiger partial charge on any atom is 0.309 e. The SMILES string of the molecule is COc1cc(C#N)c(OC2CCC(C)(C(=O)O)CC2)cc1C(=O)N[C@@H]1[C@H]2CC[C@H](C2)[C@@H]1C(=O)NCCCOC(C)C. The third kappa shape index (κ3) is 6.95. The van der Waals surface area contributed by atoms with Gasteiger partial charge in [0.15, 0.2) is 0 Å². The number of amides is 2. The number of nitrogens with one attached hydrogen (secondary N) is 2. The zero-order chi connectivity index (χ0) is 29.7. The summed E-state index contributed by atoms with van der Waals surface area (Å²) in [4.78, 5) is 38.5. The maximum atomic E-state index is 13.6. The summed E-state index contributed by atoms with van der Waals surface area (Å²) in [6.07, 6.45) is 5.48. The monoisotopic (exact) mass is 569 g/mol. The third-order valence-corrected chi connectivity index (χ3v) is 9.10. The molecule has 4 rings (SSSR count). The van der Waals surface area contributed by atoms with Gasteiger partial charge in [-0.3, -0.25) is 14.4 Å². The lowest BCUT2D eigenvalue weighted by molar-refractivity contribution is -0.150. The fourth-order valence-corrected chi connectivity index (χ4v) is 6.66. The molecule has 3 aliphatic rings. The number of nitrogens with zero attached hydrogens (tertiary/aromatic N) is 1. The molecule has 3 fully saturated rings. The van der Waals surface area contributed by atoms with E-state index in [0.717, 1.165) is 25.7 Å². The van der Waals surface area contributed by atoms with Crippen LogP contribution in [0.3, 0.4) is 0 Å². The number of fused-ring (bicyclic) bond motifs is 2. The lowest BCUT2D eigenvalue weighted by atomic mass is 9.75. The summed E-state index contributed by atoms with van der Waals surface area (Å²) in [7, 11) is 1.44. The van der Waals surface area contributed by atoms with E-state index in [1.807, 2.05) is 13.8 Å². The Morgan fingerprint density at radius 3 is 2.46 bits per heavy atom. The molecule has 0 radical (unpaired) electrons. The smallest absolute Gasteiger partial charge is 0.309 e. The van der Waals surface area contributed by atoms with Gasteiger partial charge in [0.05, 0.1) is 41.8 Å². The molecule has 10 heteroatoms. The summed E-state index contributed by atoms with van der Waals surface area (Å²) in [5.74, 6) is -0.528. The Bertz CT molecular complexity index is 1170. The highest BCUT2D eigenvalue weighted by molar-refractivity contribution is 5.98. The largest absolute Gasteiger partial charge is 0.496 e. The van der Waals surface area contributed by atoms with E-state index < -0.39 is 11.4 Å². The molecule has 0 aromatic heterocycles. The van der Waals surface area contributed by atoms with Crippen LogP contribution in [0, 0.1) is 34.5 Å². The number of carboxylic acid groups (broad SMARTS) is 1. The highest BCUT2D eigenvalue weighted by Crippen LogP contribution is 2.49. The first-order chi connectivity index (χ1) is 19.6. The Morgan fingerprint density at radius 2 is 1.83 bits per heavy atom. The molecule has 224 valence electrons. The van der Waals surface area contributed by atoms with Crippen molar-refractivity contribution in [3.8, 4) is 17.6 Å². The lowest BCUT2D eigenvalue weighted by Gasteiger charge is -2.34. The molecule has 0 unspecified atom stereocenters. The first kappa shape index (κ1) is 30.6. The predicted molar refractivity (Wildman–Crippen MR) is 151 cm³/mol. The number of aliphatic carboxylic acids is 1. The van der Waals surface area contributed by atoms with Crippen LogP contribution >= 0.6 is 0 Å². The molecule has 10 nitrogen and oxygen atoms in total. The van der Waals surface area contributed by atoms with Gasteiger partial charge < -0.3 is 30.0 Å². The van der Waals surface area contributed by atoms with Crippen LogP contribution < -0.4 is 20.1 Å². The zero-order valence-corrected chi connectivity index (χ0v) is 24.5. The number of carbonyl (C=O) groups is 3. The minimum atomic E-state index is -0.815. The number of hydrogen-bond acceptors (Lipinski definition) is 7. The van der Waals surface area contributed by atoms with Crippen molar-refractivity contribution in [1.29, 1.82) is 5.26 Å². The van der Waals surface area contributed by atoms with Gasteiger partial charge in [0, 0.05) is 25.3 Å². The van der Waals surface area contributed by atoms with Crippen molar-refractivity contribution in [2.24, 2.45) is 23.2 Å². The van der Waals surface area contributed by atoms with Crippen LogP contribution in [-0.2, 0) is 14.3 Å². The molecular weight excluding hydrogens is 526 g/mol. The standard InChI is InChI=1S/C31H43N3O7/c1-18(2)40-13-5-12-33-29(36)26-19-6-7-20(14-19)27(26)34-28(35)23-16-24(21(17-32)15-25(23)39-4)41-22-8-10-31(3,11-9-22)30(37)38/h15-16,18-20,22,26-27H,5-14H2,1-4H3,(H,33,36)(H,34,35)(H,37,38)/t19-,20+,22?,26+,27-,31?/m1/s1. The summed E-state index contributed by atoms with van der Waals surface area (Å²) in [5.41, 5.74) is -0.308. The number of rotatable bonds is 12. The van der Waals surface area contributed by atoms with Crippen LogP contribution in [-0.4, -0.2) is 61.4 Å². The van der Waals surface area contributed by atoms with Crippen LogP contribution in [0.1, 0.15) is 88.1 Å². The van der Waals surface area contributed by atoms with E-state index in [4.69, 9.17) is 14.2 Å². The average Bonchev–Trinajstić information content (AvgIpc) is 3.55. The number of benzene rings is 1. The van der Waals surface area contributed by atoms with Gasteiger partial charge in [-0.25, -0.2) is 0 Å². The Labute approximate surface area is 242 Å². The summed E-state index contributed by atoms with van der Waals surface area (Å²) in [5, 5.41) is 25.5. The number of carboxylic acids is 1. The first-order valence-corrected chi connectivity index (χ1v) is 14.8. The van der Waals surface area contributed by atoms with Crippen molar-refractivity contribution in [2.45, 2.75) is 90.4 Å². The molecule has 3 saturated carbocycles. The summed E-state index contributed by atoms with van der Waals surface area (Å²) >= 11 is 0. The second-order valence-corrected chi connectivity index (χ2v) is 12.3. The number of methoxy groups -OCH3 is 1. The summed E-state index contributed by atoms with van der Waals surface area (Å²) < 4.78 is 17.2. The topological polar surface area (TPSA) is 147 Å². The molecule has 0 heterocycles. The Hall–Kier alpha value is -3.32. The van der Waals surface area contributed by atoms with Crippen LogP contribution in [0.15, 0.2) is 12.1 Å². The van der Waals surface area contributed by atoms with Gasteiger partial charge in [-0.15, -0.1) is 0 Å². The normalized spacial score (nSPS) is 28.6. The Morgan fingerprint density at radius 1 is 1.12 bits per heavy atom. The Kier molecular flexibility index (Phi) is 9.80. The molecule has 0 aliphatic heterocycles. The van der Waals surface area contributed by atoms with E-state index in [1.165, 1.54) is 19.2 Å². The van der Waals surface area contributed by atoms with Crippen molar-refractivity contribution in [1.82, 2.24) is 10.6 Å². The second kappa shape index (κ2) is 13.1. The molecule has 2 bridgehead atoms. The highest BCUT2D eigenvalue weighted by atomic mass is 16.5. The lowest BCUT2D eigenvalue weighted by Crippen LogP contribution is -2.50. The van der Waals surface area contributed by atoms with E-state index in [0.29, 0.717) is 38.8 Å². The van der Waals surface area contributed by atoms with E-state index >= 15 is 0 Å². The van der Waals surface area contributed by atoms with E-state index in [1.54, 1.807) is 6.92 Å². The van der Waals surface area contributed by atoms with Crippen molar-refractivity contribution in [3.05, 3.63) is 23.3 Å². The maximum absolute atomic E-state index is 13.6. The molecule has 2 amide bonds. The fourth-order valence-electron chi connectivity index (χ4n) is 6.66.